The summed E-state index contributed by atoms with van der Waals surface area (Å²) in [5.41, 5.74) is 0. The lowest BCUT2D eigenvalue weighted by molar-refractivity contribution is -0.132. The molecule has 1 aromatic rings. The number of amides is 1. The standard InChI is InChI=1S/C17H28N4O2/c1-13(17-19-18-14(2)23-17)20-8-5-9-21(11-10-20)16(22)12-15-6-3-4-7-15/h13,15H,3-12H2,1-2H3. The molecule has 2 heterocycles. The average Bonchev–Trinajstić information content (AvgIpc) is 3.12. The Morgan fingerprint density at radius 2 is 1.96 bits per heavy atom. The van der Waals surface area contributed by atoms with Crippen molar-refractivity contribution in [1.29, 1.82) is 0 Å². The van der Waals surface area contributed by atoms with Crippen LogP contribution in [0.15, 0.2) is 4.42 Å². The number of carbonyl (C=O) groups is 1. The van der Waals surface area contributed by atoms with E-state index in [1.165, 1.54) is 25.7 Å². The topological polar surface area (TPSA) is 62.5 Å². The molecule has 6 heteroatoms. The number of hydrogen-bond acceptors (Lipinski definition) is 5. The quantitative estimate of drug-likeness (QED) is 0.853. The molecule has 1 atom stereocenters. The van der Waals surface area contributed by atoms with Crippen molar-refractivity contribution < 1.29 is 9.21 Å². The van der Waals surface area contributed by atoms with Gasteiger partial charge in [0.1, 0.15) is 0 Å². The zero-order chi connectivity index (χ0) is 16.2. The Morgan fingerprint density at radius 3 is 2.65 bits per heavy atom. The van der Waals surface area contributed by atoms with Crippen molar-refractivity contribution in [2.75, 3.05) is 26.2 Å². The molecule has 2 fully saturated rings. The van der Waals surface area contributed by atoms with Crippen LogP contribution in [0.4, 0.5) is 0 Å². The molecule has 0 N–H and O–H groups in total. The summed E-state index contributed by atoms with van der Waals surface area (Å²) < 4.78 is 5.56. The molecule has 128 valence electrons. The number of rotatable bonds is 4. The van der Waals surface area contributed by atoms with Crippen molar-refractivity contribution in [1.82, 2.24) is 20.0 Å². The first kappa shape index (κ1) is 16.4. The van der Waals surface area contributed by atoms with Crippen LogP contribution in [0.3, 0.4) is 0 Å². The van der Waals surface area contributed by atoms with E-state index in [0.717, 1.165) is 39.0 Å². The third kappa shape index (κ3) is 4.10. The van der Waals surface area contributed by atoms with Crippen LogP contribution >= 0.6 is 0 Å². The highest BCUT2D eigenvalue weighted by Gasteiger charge is 2.27. The molecule has 1 aromatic heterocycles. The predicted molar refractivity (Wildman–Crippen MR) is 86.8 cm³/mol. The van der Waals surface area contributed by atoms with Gasteiger partial charge in [-0.3, -0.25) is 9.69 Å². The minimum atomic E-state index is 0.112. The first-order valence-electron chi connectivity index (χ1n) is 8.95. The summed E-state index contributed by atoms with van der Waals surface area (Å²) in [6.45, 7) is 7.44. The number of hydrogen-bond donors (Lipinski definition) is 0. The zero-order valence-corrected chi connectivity index (χ0v) is 14.3. The molecule has 0 aromatic carbocycles. The Labute approximate surface area is 138 Å². The van der Waals surface area contributed by atoms with E-state index >= 15 is 0 Å². The van der Waals surface area contributed by atoms with E-state index < -0.39 is 0 Å². The van der Waals surface area contributed by atoms with E-state index in [1.54, 1.807) is 0 Å². The summed E-state index contributed by atoms with van der Waals surface area (Å²) in [6.07, 6.45) is 6.82. The zero-order valence-electron chi connectivity index (χ0n) is 14.3. The van der Waals surface area contributed by atoms with Gasteiger partial charge in [0.25, 0.3) is 0 Å². The van der Waals surface area contributed by atoms with Crippen LogP contribution in [0, 0.1) is 12.8 Å². The molecule has 1 amide bonds. The first-order chi connectivity index (χ1) is 11.1. The molecule has 6 nitrogen and oxygen atoms in total. The Bertz CT molecular complexity index is 524. The lowest BCUT2D eigenvalue weighted by atomic mass is 10.0. The van der Waals surface area contributed by atoms with Gasteiger partial charge in [-0.1, -0.05) is 12.8 Å². The lowest BCUT2D eigenvalue weighted by Gasteiger charge is -2.25. The number of carbonyl (C=O) groups excluding carboxylic acids is 1. The summed E-state index contributed by atoms with van der Waals surface area (Å²) in [6, 6.07) is 0.112. The van der Waals surface area contributed by atoms with Crippen molar-refractivity contribution in [3.63, 3.8) is 0 Å². The summed E-state index contributed by atoms with van der Waals surface area (Å²) >= 11 is 0. The fourth-order valence-electron chi connectivity index (χ4n) is 3.80. The van der Waals surface area contributed by atoms with Crippen LogP contribution in [0.1, 0.15) is 63.3 Å². The van der Waals surface area contributed by atoms with Crippen LogP contribution in [-0.4, -0.2) is 52.1 Å². The normalized spacial score (nSPS) is 22.3. The van der Waals surface area contributed by atoms with E-state index in [1.807, 2.05) is 6.92 Å². The van der Waals surface area contributed by atoms with Crippen LogP contribution in [0.25, 0.3) is 0 Å². The molecule has 1 saturated carbocycles. The van der Waals surface area contributed by atoms with Crippen molar-refractivity contribution in [3.05, 3.63) is 11.8 Å². The average molecular weight is 320 g/mol. The van der Waals surface area contributed by atoms with Gasteiger partial charge in [0.15, 0.2) is 0 Å². The number of aromatic nitrogens is 2. The Kier molecular flexibility index (Phi) is 5.30. The second-order valence-electron chi connectivity index (χ2n) is 6.96. The smallest absolute Gasteiger partial charge is 0.233 e. The van der Waals surface area contributed by atoms with E-state index in [4.69, 9.17) is 4.42 Å². The summed E-state index contributed by atoms with van der Waals surface area (Å²) in [5.74, 6) is 2.26. The first-order valence-corrected chi connectivity index (χ1v) is 8.95. The third-order valence-corrected chi connectivity index (χ3v) is 5.27. The maximum absolute atomic E-state index is 12.5. The van der Waals surface area contributed by atoms with Crippen molar-refractivity contribution in [2.24, 2.45) is 5.92 Å². The maximum Gasteiger partial charge on any atom is 0.233 e. The fraction of sp³-hybridized carbons (Fsp3) is 0.824. The van der Waals surface area contributed by atoms with Gasteiger partial charge >= 0.3 is 0 Å². The molecular weight excluding hydrogens is 292 g/mol. The molecule has 0 bridgehead atoms. The van der Waals surface area contributed by atoms with Crippen molar-refractivity contribution in [2.45, 2.75) is 58.4 Å². The lowest BCUT2D eigenvalue weighted by Crippen LogP contribution is -2.36. The minimum Gasteiger partial charge on any atom is -0.424 e. The van der Waals surface area contributed by atoms with Crippen LogP contribution in [0.5, 0.6) is 0 Å². The van der Waals surface area contributed by atoms with Crippen LogP contribution < -0.4 is 0 Å². The predicted octanol–water partition coefficient (Wildman–Crippen LogP) is 2.55. The summed E-state index contributed by atoms with van der Waals surface area (Å²) in [7, 11) is 0. The Morgan fingerprint density at radius 1 is 1.17 bits per heavy atom. The second kappa shape index (κ2) is 7.43. The Hall–Kier alpha value is -1.43. The van der Waals surface area contributed by atoms with Gasteiger partial charge in [-0.25, -0.2) is 0 Å². The fourth-order valence-corrected chi connectivity index (χ4v) is 3.80. The Balaban J connectivity index is 1.53. The molecule has 23 heavy (non-hydrogen) atoms. The van der Waals surface area contributed by atoms with E-state index in [2.05, 4.69) is 26.9 Å². The van der Waals surface area contributed by atoms with Gasteiger partial charge in [0.2, 0.25) is 17.7 Å². The molecule has 3 rings (SSSR count). The molecule has 1 aliphatic carbocycles. The second-order valence-corrected chi connectivity index (χ2v) is 6.96. The molecule has 0 radical (unpaired) electrons. The van der Waals surface area contributed by atoms with Crippen molar-refractivity contribution >= 4 is 5.91 Å². The summed E-state index contributed by atoms with van der Waals surface area (Å²) in [4.78, 5) is 16.9. The van der Waals surface area contributed by atoms with Gasteiger partial charge < -0.3 is 9.32 Å². The van der Waals surface area contributed by atoms with Crippen LogP contribution in [-0.2, 0) is 4.79 Å². The van der Waals surface area contributed by atoms with Gasteiger partial charge in [-0.05, 0) is 32.1 Å². The highest BCUT2D eigenvalue weighted by atomic mass is 16.4. The maximum atomic E-state index is 12.5. The largest absolute Gasteiger partial charge is 0.424 e. The molecule has 1 saturated heterocycles. The highest BCUT2D eigenvalue weighted by molar-refractivity contribution is 5.76. The number of aryl methyl sites for hydroxylation is 1. The van der Waals surface area contributed by atoms with Crippen molar-refractivity contribution in [3.8, 4) is 0 Å². The number of nitrogens with zero attached hydrogens (tertiary/aromatic N) is 4. The van der Waals surface area contributed by atoms with Gasteiger partial charge in [0.05, 0.1) is 6.04 Å². The minimum absolute atomic E-state index is 0.112. The van der Waals surface area contributed by atoms with E-state index in [-0.39, 0.29) is 6.04 Å². The third-order valence-electron chi connectivity index (χ3n) is 5.27. The van der Waals surface area contributed by atoms with Crippen LogP contribution in [0.2, 0.25) is 0 Å². The highest BCUT2D eigenvalue weighted by Crippen LogP contribution is 2.28. The molecule has 1 aliphatic heterocycles. The van der Waals surface area contributed by atoms with E-state index in [0.29, 0.717) is 23.6 Å². The SMILES string of the molecule is Cc1nnc(C(C)N2CCCN(C(=O)CC3CCCC3)CC2)o1. The summed E-state index contributed by atoms with van der Waals surface area (Å²) in [5, 5.41) is 8.05. The van der Waals surface area contributed by atoms with E-state index in [9.17, 15) is 4.79 Å². The van der Waals surface area contributed by atoms with Gasteiger partial charge in [0, 0.05) is 39.5 Å². The monoisotopic (exact) mass is 320 g/mol. The molecule has 1 unspecified atom stereocenters. The molecule has 2 aliphatic rings. The molecule has 0 spiro atoms. The van der Waals surface area contributed by atoms with Gasteiger partial charge in [-0.15, -0.1) is 10.2 Å². The van der Waals surface area contributed by atoms with Gasteiger partial charge in [-0.2, -0.15) is 0 Å². The molecular formula is C17H28N4O2.